The Balaban J connectivity index is 2.30. The van der Waals surface area contributed by atoms with Crippen molar-refractivity contribution in [1.29, 1.82) is 0 Å². The number of nitrogens with zero attached hydrogens (tertiary/aromatic N) is 1. The fraction of sp³-hybridized carbons (Fsp3) is 0.455. The molecule has 7 heteroatoms. The molecular weight excluding hydrogens is 267 g/mol. The summed E-state index contributed by atoms with van der Waals surface area (Å²) in [6, 6.07) is 5.24. The zero-order chi connectivity index (χ0) is 13.4. The molecular formula is C11H12F3NO2S. The third kappa shape index (κ3) is 2.77. The van der Waals surface area contributed by atoms with Crippen LogP contribution in [0.1, 0.15) is 5.56 Å². The summed E-state index contributed by atoms with van der Waals surface area (Å²) < 4.78 is 61.0. The second kappa shape index (κ2) is 4.46. The molecule has 0 aliphatic carbocycles. The molecule has 1 saturated heterocycles. The van der Waals surface area contributed by atoms with Crippen molar-refractivity contribution >= 4 is 15.5 Å². The van der Waals surface area contributed by atoms with Gasteiger partial charge in [0.1, 0.15) is 0 Å². The molecule has 1 heterocycles. The normalized spacial score (nSPS) is 19.8. The SMILES string of the molecule is O=S1(=O)CCN(c2ccccc2C(F)(F)F)CC1. The highest BCUT2D eigenvalue weighted by molar-refractivity contribution is 7.91. The highest BCUT2D eigenvalue weighted by Gasteiger charge is 2.35. The first-order valence-corrected chi connectivity index (χ1v) is 7.23. The Morgan fingerprint density at radius 1 is 1.06 bits per heavy atom. The van der Waals surface area contributed by atoms with Crippen LogP contribution in [0.4, 0.5) is 18.9 Å². The topological polar surface area (TPSA) is 37.4 Å². The molecule has 1 aliphatic heterocycles. The number of para-hydroxylation sites is 1. The molecule has 0 atom stereocenters. The van der Waals surface area contributed by atoms with E-state index in [9.17, 15) is 21.6 Å². The minimum Gasteiger partial charge on any atom is -0.369 e. The molecule has 1 aromatic carbocycles. The van der Waals surface area contributed by atoms with Gasteiger partial charge in [-0.2, -0.15) is 13.2 Å². The second-order valence-electron chi connectivity index (χ2n) is 4.15. The summed E-state index contributed by atoms with van der Waals surface area (Å²) in [4.78, 5) is 1.48. The van der Waals surface area contributed by atoms with Crippen molar-refractivity contribution < 1.29 is 21.6 Å². The van der Waals surface area contributed by atoms with Gasteiger partial charge in [0.2, 0.25) is 0 Å². The van der Waals surface area contributed by atoms with E-state index in [2.05, 4.69) is 0 Å². The van der Waals surface area contributed by atoms with Crippen molar-refractivity contribution in [3.8, 4) is 0 Å². The molecule has 0 bridgehead atoms. The predicted molar refractivity (Wildman–Crippen MR) is 62.3 cm³/mol. The van der Waals surface area contributed by atoms with E-state index in [-0.39, 0.29) is 30.3 Å². The lowest BCUT2D eigenvalue weighted by molar-refractivity contribution is -0.137. The van der Waals surface area contributed by atoms with Crippen LogP contribution in [0.3, 0.4) is 0 Å². The molecule has 1 aromatic rings. The van der Waals surface area contributed by atoms with Crippen LogP contribution in [0.15, 0.2) is 24.3 Å². The summed E-state index contributed by atoms with van der Waals surface area (Å²) >= 11 is 0. The molecule has 0 radical (unpaired) electrons. The van der Waals surface area contributed by atoms with Gasteiger partial charge in [-0.3, -0.25) is 0 Å². The Hall–Kier alpha value is -1.24. The maximum atomic E-state index is 12.8. The molecule has 0 amide bonds. The molecule has 0 spiro atoms. The number of hydrogen-bond donors (Lipinski definition) is 0. The smallest absolute Gasteiger partial charge is 0.369 e. The van der Waals surface area contributed by atoms with Crippen molar-refractivity contribution in [2.75, 3.05) is 29.5 Å². The average Bonchev–Trinajstić information content (AvgIpc) is 2.28. The summed E-state index contributed by atoms with van der Waals surface area (Å²) in [5, 5.41) is 0. The van der Waals surface area contributed by atoms with Crippen LogP contribution in [-0.4, -0.2) is 33.0 Å². The lowest BCUT2D eigenvalue weighted by Crippen LogP contribution is -2.41. The van der Waals surface area contributed by atoms with E-state index < -0.39 is 21.6 Å². The van der Waals surface area contributed by atoms with E-state index in [0.29, 0.717) is 0 Å². The Labute approximate surface area is 103 Å². The summed E-state index contributed by atoms with van der Waals surface area (Å²) in [5.74, 6) is -0.196. The van der Waals surface area contributed by atoms with E-state index in [4.69, 9.17) is 0 Å². The quantitative estimate of drug-likeness (QED) is 0.788. The van der Waals surface area contributed by atoms with Crippen LogP contribution >= 0.6 is 0 Å². The third-order valence-corrected chi connectivity index (χ3v) is 4.50. The Morgan fingerprint density at radius 2 is 1.61 bits per heavy atom. The molecule has 0 saturated carbocycles. The van der Waals surface area contributed by atoms with Gasteiger partial charge >= 0.3 is 6.18 Å². The monoisotopic (exact) mass is 279 g/mol. The van der Waals surface area contributed by atoms with Crippen LogP contribution in [0.2, 0.25) is 0 Å². The highest BCUT2D eigenvalue weighted by Crippen LogP contribution is 2.36. The van der Waals surface area contributed by atoms with Crippen LogP contribution < -0.4 is 4.90 Å². The summed E-state index contributed by atoms with van der Waals surface area (Å²) in [5.41, 5.74) is -0.663. The van der Waals surface area contributed by atoms with Gasteiger partial charge in [-0.1, -0.05) is 12.1 Å². The number of sulfone groups is 1. The van der Waals surface area contributed by atoms with E-state index in [1.54, 1.807) is 0 Å². The standard InChI is InChI=1S/C11H12F3NO2S/c12-11(13,14)9-3-1-2-4-10(9)15-5-7-18(16,17)8-6-15/h1-4H,5-8H2. The third-order valence-electron chi connectivity index (χ3n) is 2.89. The summed E-state index contributed by atoms with van der Waals surface area (Å²) in [7, 11) is -3.09. The number of benzene rings is 1. The van der Waals surface area contributed by atoms with Crippen LogP contribution in [0.5, 0.6) is 0 Å². The van der Waals surface area contributed by atoms with Crippen LogP contribution in [-0.2, 0) is 16.0 Å². The number of rotatable bonds is 1. The molecule has 1 aliphatic rings. The van der Waals surface area contributed by atoms with Gasteiger partial charge in [0, 0.05) is 18.8 Å². The lowest BCUT2D eigenvalue weighted by atomic mass is 10.1. The number of alkyl halides is 3. The van der Waals surface area contributed by atoms with Gasteiger partial charge < -0.3 is 4.90 Å². The van der Waals surface area contributed by atoms with E-state index in [1.807, 2.05) is 0 Å². The van der Waals surface area contributed by atoms with Crippen molar-refractivity contribution in [3.05, 3.63) is 29.8 Å². The van der Waals surface area contributed by atoms with Gasteiger partial charge in [-0.05, 0) is 12.1 Å². The first-order chi connectivity index (χ1) is 8.30. The highest BCUT2D eigenvalue weighted by atomic mass is 32.2. The number of anilines is 1. The zero-order valence-electron chi connectivity index (χ0n) is 9.44. The predicted octanol–water partition coefficient (Wildman–Crippen LogP) is 1.94. The maximum Gasteiger partial charge on any atom is 0.418 e. The number of hydrogen-bond acceptors (Lipinski definition) is 3. The van der Waals surface area contributed by atoms with Crippen molar-refractivity contribution in [3.63, 3.8) is 0 Å². The number of halogens is 3. The summed E-state index contributed by atoms with van der Waals surface area (Å²) in [6.07, 6.45) is -4.42. The fourth-order valence-corrected chi connectivity index (χ4v) is 3.14. The minimum atomic E-state index is -4.42. The van der Waals surface area contributed by atoms with E-state index >= 15 is 0 Å². The van der Waals surface area contributed by atoms with Crippen LogP contribution in [0.25, 0.3) is 0 Å². The Bertz CT molecular complexity index is 525. The minimum absolute atomic E-state index is 0.0555. The Morgan fingerprint density at radius 3 is 2.17 bits per heavy atom. The average molecular weight is 279 g/mol. The molecule has 0 N–H and O–H groups in total. The van der Waals surface area contributed by atoms with Crippen LogP contribution in [0, 0.1) is 0 Å². The van der Waals surface area contributed by atoms with Gasteiger partial charge in [-0.15, -0.1) is 0 Å². The van der Waals surface area contributed by atoms with E-state index in [0.717, 1.165) is 6.07 Å². The second-order valence-corrected chi connectivity index (χ2v) is 6.46. The molecule has 2 rings (SSSR count). The molecule has 0 unspecified atom stereocenters. The van der Waals surface area contributed by atoms with Crippen molar-refractivity contribution in [1.82, 2.24) is 0 Å². The van der Waals surface area contributed by atoms with E-state index in [1.165, 1.54) is 23.1 Å². The largest absolute Gasteiger partial charge is 0.418 e. The van der Waals surface area contributed by atoms with Crippen molar-refractivity contribution in [2.24, 2.45) is 0 Å². The zero-order valence-corrected chi connectivity index (χ0v) is 10.3. The van der Waals surface area contributed by atoms with Gasteiger partial charge in [-0.25, -0.2) is 8.42 Å². The molecule has 3 nitrogen and oxygen atoms in total. The lowest BCUT2D eigenvalue weighted by Gasteiger charge is -2.30. The molecule has 18 heavy (non-hydrogen) atoms. The first kappa shape index (κ1) is 13.2. The maximum absolute atomic E-state index is 12.8. The first-order valence-electron chi connectivity index (χ1n) is 5.41. The molecule has 100 valence electrons. The molecule has 1 fully saturated rings. The fourth-order valence-electron chi connectivity index (χ4n) is 1.94. The van der Waals surface area contributed by atoms with Gasteiger partial charge in [0.15, 0.2) is 9.84 Å². The molecule has 0 aromatic heterocycles. The van der Waals surface area contributed by atoms with Gasteiger partial charge in [0.05, 0.1) is 17.1 Å². The summed E-state index contributed by atoms with van der Waals surface area (Å²) in [6.45, 7) is 0.213. The van der Waals surface area contributed by atoms with Gasteiger partial charge in [0.25, 0.3) is 0 Å². The Kier molecular flexibility index (Phi) is 3.27. The van der Waals surface area contributed by atoms with Crippen molar-refractivity contribution in [2.45, 2.75) is 6.18 Å².